The second-order valence-electron chi connectivity index (χ2n) is 13.5. The molecule has 1 aliphatic carbocycles. The van der Waals surface area contributed by atoms with E-state index in [1.165, 1.54) is 35.9 Å². The van der Waals surface area contributed by atoms with Crippen LogP contribution in [0.3, 0.4) is 0 Å². The highest BCUT2D eigenvalue weighted by atomic mass is 32.2. The van der Waals surface area contributed by atoms with Gasteiger partial charge in [-0.1, -0.05) is 49.6 Å². The lowest BCUT2D eigenvalue weighted by Crippen LogP contribution is -2.58. The molecule has 2 heterocycles. The van der Waals surface area contributed by atoms with Crippen LogP contribution in [-0.2, 0) is 25.7 Å². The SMILES string of the molecule is CC(C)(C)OC(=O)N1CSC[C@H]1C(=O)N[C@@H](CSCC1CCCCC1)C(=O)N1CCC(N(Cc2ccccc2)C(=O)C(F)(F)F)CC1. The van der Waals surface area contributed by atoms with E-state index in [1.807, 2.05) is 0 Å². The summed E-state index contributed by atoms with van der Waals surface area (Å²) in [6.45, 7) is 5.40. The van der Waals surface area contributed by atoms with Gasteiger partial charge in [0.05, 0.1) is 5.88 Å². The number of rotatable bonds is 10. The lowest BCUT2D eigenvalue weighted by atomic mass is 9.91. The zero-order valence-electron chi connectivity index (χ0n) is 27.4. The fraction of sp³-hybridized carbons (Fsp3) is 0.697. The second-order valence-corrected chi connectivity index (χ2v) is 15.6. The Morgan fingerprint density at radius 2 is 1.68 bits per heavy atom. The van der Waals surface area contributed by atoms with Crippen LogP contribution in [0.1, 0.15) is 71.3 Å². The maximum Gasteiger partial charge on any atom is 0.471 e. The number of likely N-dealkylation sites (tertiary alicyclic amines) is 1. The van der Waals surface area contributed by atoms with Crippen LogP contribution in [-0.4, -0.2) is 105 Å². The molecule has 14 heteroatoms. The van der Waals surface area contributed by atoms with E-state index < -0.39 is 47.8 Å². The Hall–Kier alpha value is -2.61. The topological polar surface area (TPSA) is 99.3 Å². The summed E-state index contributed by atoms with van der Waals surface area (Å²) >= 11 is 3.05. The number of carbonyl (C=O) groups is 4. The van der Waals surface area contributed by atoms with Gasteiger partial charge in [0, 0.05) is 37.2 Å². The number of carbonyl (C=O) groups excluding carboxylic acids is 4. The Kier molecular flexibility index (Phi) is 13.2. The Morgan fingerprint density at radius 3 is 2.30 bits per heavy atom. The molecule has 47 heavy (non-hydrogen) atoms. The Morgan fingerprint density at radius 1 is 1.02 bits per heavy atom. The summed E-state index contributed by atoms with van der Waals surface area (Å²) in [5.74, 6) is -0.177. The molecule has 0 bridgehead atoms. The molecule has 0 spiro atoms. The number of ether oxygens (including phenoxy) is 1. The van der Waals surface area contributed by atoms with E-state index in [9.17, 15) is 32.3 Å². The summed E-state index contributed by atoms with van der Waals surface area (Å²) in [6, 6.07) is 6.19. The average molecular weight is 701 g/mol. The van der Waals surface area contributed by atoms with Gasteiger partial charge in [-0.2, -0.15) is 24.9 Å². The quantitative estimate of drug-likeness (QED) is 0.336. The van der Waals surface area contributed by atoms with Crippen molar-refractivity contribution in [3.63, 3.8) is 0 Å². The number of amides is 4. The fourth-order valence-electron chi connectivity index (χ4n) is 6.24. The smallest absolute Gasteiger partial charge is 0.444 e. The van der Waals surface area contributed by atoms with Crippen molar-refractivity contribution in [3.05, 3.63) is 35.9 Å². The van der Waals surface area contributed by atoms with E-state index in [4.69, 9.17) is 4.74 Å². The van der Waals surface area contributed by atoms with Gasteiger partial charge >= 0.3 is 18.2 Å². The van der Waals surface area contributed by atoms with E-state index >= 15 is 0 Å². The molecule has 0 aromatic heterocycles. The predicted octanol–water partition coefficient (Wildman–Crippen LogP) is 5.68. The first kappa shape index (κ1) is 37.2. The van der Waals surface area contributed by atoms with Crippen LogP contribution in [0.4, 0.5) is 18.0 Å². The van der Waals surface area contributed by atoms with Crippen molar-refractivity contribution in [2.75, 3.05) is 36.2 Å². The first-order valence-electron chi connectivity index (χ1n) is 16.4. The van der Waals surface area contributed by atoms with Gasteiger partial charge in [0.15, 0.2) is 0 Å². The number of piperidine rings is 1. The van der Waals surface area contributed by atoms with Crippen molar-refractivity contribution in [1.82, 2.24) is 20.0 Å². The molecule has 9 nitrogen and oxygen atoms in total. The van der Waals surface area contributed by atoms with E-state index in [2.05, 4.69) is 5.32 Å². The summed E-state index contributed by atoms with van der Waals surface area (Å²) in [5, 5.41) is 2.92. The summed E-state index contributed by atoms with van der Waals surface area (Å²) in [7, 11) is 0. The van der Waals surface area contributed by atoms with Crippen LogP contribution >= 0.6 is 23.5 Å². The molecule has 2 aliphatic heterocycles. The number of alkyl halides is 3. The highest BCUT2D eigenvalue weighted by molar-refractivity contribution is 7.99. The molecule has 2 saturated heterocycles. The summed E-state index contributed by atoms with van der Waals surface area (Å²) in [4.78, 5) is 56.6. The molecule has 1 saturated carbocycles. The van der Waals surface area contributed by atoms with Crippen LogP contribution in [0.5, 0.6) is 0 Å². The van der Waals surface area contributed by atoms with Crippen LogP contribution < -0.4 is 5.32 Å². The second kappa shape index (κ2) is 16.7. The molecule has 0 unspecified atom stereocenters. The van der Waals surface area contributed by atoms with E-state index in [0.717, 1.165) is 23.5 Å². The monoisotopic (exact) mass is 700 g/mol. The van der Waals surface area contributed by atoms with Crippen molar-refractivity contribution in [2.24, 2.45) is 5.92 Å². The van der Waals surface area contributed by atoms with Gasteiger partial charge < -0.3 is 19.9 Å². The van der Waals surface area contributed by atoms with Crippen molar-refractivity contribution in [3.8, 4) is 0 Å². The molecule has 3 fully saturated rings. The molecular formula is C33H47F3N4O5S2. The zero-order valence-corrected chi connectivity index (χ0v) is 29.1. The molecule has 1 aromatic rings. The van der Waals surface area contributed by atoms with Crippen LogP contribution in [0.15, 0.2) is 30.3 Å². The molecule has 1 aromatic carbocycles. The third-order valence-electron chi connectivity index (χ3n) is 8.71. The highest BCUT2D eigenvalue weighted by Gasteiger charge is 2.46. The van der Waals surface area contributed by atoms with Crippen LogP contribution in [0.25, 0.3) is 0 Å². The number of nitrogens with zero attached hydrogens (tertiary/aromatic N) is 3. The lowest BCUT2D eigenvalue weighted by molar-refractivity contribution is -0.189. The Balaban J connectivity index is 1.43. The van der Waals surface area contributed by atoms with E-state index in [1.54, 1.807) is 67.8 Å². The average Bonchev–Trinajstić information content (AvgIpc) is 3.53. The van der Waals surface area contributed by atoms with Crippen molar-refractivity contribution < 1.29 is 37.1 Å². The van der Waals surface area contributed by atoms with Gasteiger partial charge in [-0.05, 0) is 63.7 Å². The van der Waals surface area contributed by atoms with Crippen LogP contribution in [0, 0.1) is 5.92 Å². The molecule has 0 radical (unpaired) electrons. The van der Waals surface area contributed by atoms with Gasteiger partial charge in [0.25, 0.3) is 0 Å². The predicted molar refractivity (Wildman–Crippen MR) is 178 cm³/mol. The third-order valence-corrected chi connectivity index (χ3v) is 11.0. The van der Waals surface area contributed by atoms with E-state index in [0.29, 0.717) is 28.9 Å². The molecule has 2 atom stereocenters. The van der Waals surface area contributed by atoms with Crippen molar-refractivity contribution in [2.45, 2.75) is 102 Å². The molecule has 1 N–H and O–H groups in total. The van der Waals surface area contributed by atoms with Crippen molar-refractivity contribution in [1.29, 1.82) is 0 Å². The van der Waals surface area contributed by atoms with Crippen molar-refractivity contribution >= 4 is 47.3 Å². The third kappa shape index (κ3) is 11.0. The number of hydrogen-bond acceptors (Lipinski definition) is 7. The summed E-state index contributed by atoms with van der Waals surface area (Å²) in [5.41, 5.74) is -0.139. The summed E-state index contributed by atoms with van der Waals surface area (Å²) < 4.78 is 46.3. The lowest BCUT2D eigenvalue weighted by Gasteiger charge is -2.40. The summed E-state index contributed by atoms with van der Waals surface area (Å²) in [6.07, 6.45) is 0.667. The Labute approximate surface area is 284 Å². The molecular weight excluding hydrogens is 654 g/mol. The maximum absolute atomic E-state index is 13.9. The minimum atomic E-state index is -5.02. The normalized spacial score (nSPS) is 20.5. The van der Waals surface area contributed by atoms with Gasteiger partial charge in [-0.15, -0.1) is 11.8 Å². The van der Waals surface area contributed by atoms with Gasteiger partial charge in [-0.3, -0.25) is 19.3 Å². The molecule has 3 aliphatic rings. The van der Waals surface area contributed by atoms with Gasteiger partial charge in [-0.25, -0.2) is 4.79 Å². The minimum absolute atomic E-state index is 0.156. The minimum Gasteiger partial charge on any atom is -0.444 e. The number of benzene rings is 1. The molecule has 4 rings (SSSR count). The highest BCUT2D eigenvalue weighted by Crippen LogP contribution is 2.29. The van der Waals surface area contributed by atoms with Crippen LogP contribution in [0.2, 0.25) is 0 Å². The number of hydrogen-bond donors (Lipinski definition) is 1. The fourth-order valence-corrected chi connectivity index (χ4v) is 8.64. The number of halogens is 3. The number of thioether (sulfide) groups is 2. The first-order valence-corrected chi connectivity index (χ1v) is 18.7. The standard InChI is InChI=1S/C33H47F3N4O5S2/c1-32(2,3)45-31(44)40-22-47-21-27(40)28(41)37-26(20-46-19-24-12-8-5-9-13-24)29(42)38-16-14-25(15-17-38)39(30(43)33(34,35)36)18-23-10-6-4-7-11-23/h4,6-7,10-11,24-27H,5,8-9,12-22H2,1-3H3,(H,37,41)/t26-,27-/m0/s1. The largest absolute Gasteiger partial charge is 0.471 e. The first-order chi connectivity index (χ1) is 22.2. The number of nitrogens with one attached hydrogen (secondary N) is 1. The maximum atomic E-state index is 13.9. The van der Waals surface area contributed by atoms with Gasteiger partial charge in [0.1, 0.15) is 17.7 Å². The van der Waals surface area contributed by atoms with E-state index in [-0.39, 0.29) is 38.4 Å². The zero-order chi connectivity index (χ0) is 34.2. The van der Waals surface area contributed by atoms with Gasteiger partial charge in [0.2, 0.25) is 11.8 Å². The molecule has 4 amide bonds. The molecule has 262 valence electrons. The Bertz CT molecular complexity index is 1220.